The zero-order valence-corrected chi connectivity index (χ0v) is 10.3. The van der Waals surface area contributed by atoms with Crippen molar-refractivity contribution >= 4 is 10.9 Å². The van der Waals surface area contributed by atoms with Crippen molar-refractivity contribution in [2.24, 2.45) is 0 Å². The first-order valence-electron chi connectivity index (χ1n) is 5.99. The summed E-state index contributed by atoms with van der Waals surface area (Å²) in [6.07, 6.45) is 3.63. The molecule has 0 aliphatic rings. The van der Waals surface area contributed by atoms with Gasteiger partial charge in [0.2, 0.25) is 0 Å². The Bertz CT molecular complexity index is 654. The lowest BCUT2D eigenvalue weighted by Crippen LogP contribution is -2.08. The summed E-state index contributed by atoms with van der Waals surface area (Å²) in [5.74, 6) is 0.970. The van der Waals surface area contributed by atoms with E-state index in [4.69, 9.17) is 4.42 Å². The molecular formula is C14H15N3O. The van der Waals surface area contributed by atoms with Crippen molar-refractivity contribution in [1.29, 1.82) is 0 Å². The average Bonchev–Trinajstić information content (AvgIpc) is 2.99. The lowest BCUT2D eigenvalue weighted by molar-refractivity contribution is 0.487. The Kier molecular flexibility index (Phi) is 2.86. The van der Waals surface area contributed by atoms with Gasteiger partial charge in [0, 0.05) is 10.9 Å². The third-order valence-electron chi connectivity index (χ3n) is 3.05. The summed E-state index contributed by atoms with van der Waals surface area (Å²) in [5.41, 5.74) is 2.31. The summed E-state index contributed by atoms with van der Waals surface area (Å²) < 4.78 is 7.46. The average molecular weight is 241 g/mol. The molecule has 1 N–H and O–H groups in total. The van der Waals surface area contributed by atoms with Crippen LogP contribution in [0.1, 0.15) is 11.3 Å². The van der Waals surface area contributed by atoms with E-state index in [1.54, 1.807) is 6.26 Å². The highest BCUT2D eigenvalue weighted by molar-refractivity contribution is 5.78. The van der Waals surface area contributed by atoms with E-state index in [0.29, 0.717) is 0 Å². The Morgan fingerprint density at radius 3 is 3.06 bits per heavy atom. The van der Waals surface area contributed by atoms with Crippen LogP contribution in [-0.2, 0) is 13.1 Å². The highest BCUT2D eigenvalue weighted by Crippen LogP contribution is 2.17. The Labute approximate surface area is 105 Å². The fraction of sp³-hybridized carbons (Fsp3) is 0.214. The van der Waals surface area contributed by atoms with Crippen molar-refractivity contribution in [3.8, 4) is 0 Å². The topological polar surface area (TPSA) is 43.0 Å². The number of benzene rings is 1. The number of para-hydroxylation sites is 1. The van der Waals surface area contributed by atoms with Gasteiger partial charge in [0.25, 0.3) is 0 Å². The van der Waals surface area contributed by atoms with Gasteiger partial charge in [-0.3, -0.25) is 4.68 Å². The number of nitrogens with one attached hydrogen (secondary N) is 1. The van der Waals surface area contributed by atoms with E-state index in [1.165, 1.54) is 5.56 Å². The highest BCUT2D eigenvalue weighted by atomic mass is 16.3. The molecule has 1 aromatic carbocycles. The Hall–Kier alpha value is -2.07. The third kappa shape index (κ3) is 1.91. The molecule has 0 aliphatic heterocycles. The first kappa shape index (κ1) is 11.0. The fourth-order valence-electron chi connectivity index (χ4n) is 2.14. The minimum Gasteiger partial charge on any atom is -0.468 e. The molecule has 0 atom stereocenters. The predicted molar refractivity (Wildman–Crippen MR) is 70.3 cm³/mol. The van der Waals surface area contributed by atoms with Crippen LogP contribution in [0.2, 0.25) is 0 Å². The normalized spacial score (nSPS) is 11.2. The maximum atomic E-state index is 5.46. The maximum absolute atomic E-state index is 5.46. The summed E-state index contributed by atoms with van der Waals surface area (Å²) in [4.78, 5) is 0. The lowest BCUT2D eigenvalue weighted by Gasteiger charge is -2.04. The minimum absolute atomic E-state index is 0.737. The first-order valence-corrected chi connectivity index (χ1v) is 5.99. The van der Waals surface area contributed by atoms with E-state index in [0.717, 1.165) is 29.8 Å². The molecular weight excluding hydrogens is 226 g/mol. The van der Waals surface area contributed by atoms with Crippen LogP contribution in [0.4, 0.5) is 0 Å². The number of fused-ring (bicyclic) bond motifs is 1. The molecule has 0 aliphatic carbocycles. The van der Waals surface area contributed by atoms with Crippen molar-refractivity contribution in [1.82, 2.24) is 15.1 Å². The minimum atomic E-state index is 0.737. The Balaban J connectivity index is 1.94. The summed E-state index contributed by atoms with van der Waals surface area (Å²) in [5, 5.41) is 8.69. The second kappa shape index (κ2) is 4.66. The quantitative estimate of drug-likeness (QED) is 0.762. The zero-order chi connectivity index (χ0) is 12.4. The molecule has 3 aromatic rings. The predicted octanol–water partition coefficient (Wildman–Crippen LogP) is 2.40. The number of hydrogen-bond donors (Lipinski definition) is 1. The van der Waals surface area contributed by atoms with Gasteiger partial charge in [-0.05, 0) is 19.2 Å². The van der Waals surface area contributed by atoms with Gasteiger partial charge in [-0.2, -0.15) is 5.10 Å². The van der Waals surface area contributed by atoms with Gasteiger partial charge in [0.1, 0.15) is 5.76 Å². The van der Waals surface area contributed by atoms with Crippen molar-refractivity contribution in [2.75, 3.05) is 7.05 Å². The number of rotatable bonds is 4. The molecule has 0 radical (unpaired) electrons. The standard InChI is InChI=1S/C14H15N3O/c1-15-9-14-12(6-7-18-14)10-17-13-5-3-2-4-11(13)8-16-17/h2-8,15H,9-10H2,1H3. The summed E-state index contributed by atoms with van der Waals surface area (Å²) >= 11 is 0. The molecule has 4 heteroatoms. The monoisotopic (exact) mass is 241 g/mol. The van der Waals surface area contributed by atoms with Crippen LogP contribution < -0.4 is 5.32 Å². The molecule has 0 saturated carbocycles. The van der Waals surface area contributed by atoms with Gasteiger partial charge in [-0.25, -0.2) is 0 Å². The molecule has 2 aromatic heterocycles. The summed E-state index contributed by atoms with van der Waals surface area (Å²) in [7, 11) is 1.91. The second-order valence-electron chi connectivity index (χ2n) is 4.26. The van der Waals surface area contributed by atoms with Crippen molar-refractivity contribution in [3.63, 3.8) is 0 Å². The number of aromatic nitrogens is 2. The molecule has 0 bridgehead atoms. The van der Waals surface area contributed by atoms with E-state index >= 15 is 0 Å². The number of nitrogens with zero attached hydrogens (tertiary/aromatic N) is 2. The molecule has 0 spiro atoms. The molecule has 3 rings (SSSR count). The number of furan rings is 1. The Morgan fingerprint density at radius 2 is 2.17 bits per heavy atom. The smallest absolute Gasteiger partial charge is 0.122 e. The molecule has 0 unspecified atom stereocenters. The molecule has 0 saturated heterocycles. The van der Waals surface area contributed by atoms with Crippen LogP contribution in [-0.4, -0.2) is 16.8 Å². The van der Waals surface area contributed by atoms with Gasteiger partial charge in [0.15, 0.2) is 0 Å². The van der Waals surface area contributed by atoms with Gasteiger partial charge >= 0.3 is 0 Å². The Morgan fingerprint density at radius 1 is 1.28 bits per heavy atom. The largest absolute Gasteiger partial charge is 0.468 e. The first-order chi connectivity index (χ1) is 8.88. The second-order valence-corrected chi connectivity index (χ2v) is 4.26. The van der Waals surface area contributed by atoms with Crippen LogP contribution in [0.5, 0.6) is 0 Å². The highest BCUT2D eigenvalue weighted by Gasteiger charge is 2.08. The maximum Gasteiger partial charge on any atom is 0.122 e. The van der Waals surface area contributed by atoms with E-state index in [1.807, 2.05) is 36.1 Å². The lowest BCUT2D eigenvalue weighted by atomic mass is 10.2. The van der Waals surface area contributed by atoms with Gasteiger partial charge in [-0.1, -0.05) is 18.2 Å². The van der Waals surface area contributed by atoms with E-state index in [2.05, 4.69) is 22.5 Å². The van der Waals surface area contributed by atoms with E-state index in [9.17, 15) is 0 Å². The fourth-order valence-corrected chi connectivity index (χ4v) is 2.14. The molecule has 2 heterocycles. The SMILES string of the molecule is CNCc1occc1Cn1ncc2ccccc21. The van der Waals surface area contributed by atoms with E-state index < -0.39 is 0 Å². The van der Waals surface area contributed by atoms with Crippen molar-refractivity contribution < 1.29 is 4.42 Å². The molecule has 0 fully saturated rings. The molecule has 92 valence electrons. The van der Waals surface area contributed by atoms with Crippen LogP contribution in [0, 0.1) is 0 Å². The van der Waals surface area contributed by atoms with Crippen LogP contribution in [0.25, 0.3) is 10.9 Å². The van der Waals surface area contributed by atoms with Crippen LogP contribution >= 0.6 is 0 Å². The van der Waals surface area contributed by atoms with Gasteiger partial charge < -0.3 is 9.73 Å². The summed E-state index contributed by atoms with van der Waals surface area (Å²) in [6, 6.07) is 10.2. The zero-order valence-electron chi connectivity index (χ0n) is 10.3. The van der Waals surface area contributed by atoms with Crippen molar-refractivity contribution in [3.05, 3.63) is 54.1 Å². The van der Waals surface area contributed by atoms with Crippen LogP contribution in [0.15, 0.2) is 47.2 Å². The molecule has 4 nitrogen and oxygen atoms in total. The molecule has 18 heavy (non-hydrogen) atoms. The molecule has 0 amide bonds. The van der Waals surface area contributed by atoms with Crippen molar-refractivity contribution in [2.45, 2.75) is 13.1 Å². The third-order valence-corrected chi connectivity index (χ3v) is 3.05. The van der Waals surface area contributed by atoms with Gasteiger partial charge in [-0.15, -0.1) is 0 Å². The van der Waals surface area contributed by atoms with E-state index in [-0.39, 0.29) is 0 Å². The van der Waals surface area contributed by atoms with Gasteiger partial charge in [0.05, 0.1) is 31.1 Å². The van der Waals surface area contributed by atoms with Crippen LogP contribution in [0.3, 0.4) is 0 Å². The summed E-state index contributed by atoms with van der Waals surface area (Å²) in [6.45, 7) is 1.47. The number of hydrogen-bond acceptors (Lipinski definition) is 3.